The van der Waals surface area contributed by atoms with Crippen LogP contribution >= 0.6 is 0 Å². The lowest BCUT2D eigenvalue weighted by molar-refractivity contribution is 0.178. The lowest BCUT2D eigenvalue weighted by Gasteiger charge is -2.31. The molecule has 5 nitrogen and oxygen atoms in total. The van der Waals surface area contributed by atoms with Crippen molar-refractivity contribution in [1.82, 2.24) is 9.97 Å². The minimum absolute atomic E-state index is 0.234. The molecule has 0 aliphatic heterocycles. The first-order valence-electron chi connectivity index (χ1n) is 7.16. The average Bonchev–Trinajstić information content (AvgIpc) is 2.44. The largest absolute Gasteiger partial charge is 0.396 e. The van der Waals surface area contributed by atoms with Crippen molar-refractivity contribution >= 4 is 11.6 Å². The molecule has 1 aliphatic carbocycles. The van der Waals surface area contributed by atoms with E-state index >= 15 is 0 Å². The van der Waals surface area contributed by atoms with E-state index in [1.54, 1.807) is 0 Å². The van der Waals surface area contributed by atoms with Gasteiger partial charge in [-0.3, -0.25) is 0 Å². The molecule has 0 aromatic carbocycles. The quantitative estimate of drug-likeness (QED) is 0.773. The fourth-order valence-electron chi connectivity index (χ4n) is 2.67. The normalized spacial score (nSPS) is 23.3. The first kappa shape index (κ1) is 14.1. The number of hydrogen-bond acceptors (Lipinski definition) is 5. The third kappa shape index (κ3) is 3.15. The highest BCUT2D eigenvalue weighted by molar-refractivity contribution is 5.55. The van der Waals surface area contributed by atoms with Gasteiger partial charge >= 0.3 is 0 Å². The molecule has 5 heteroatoms. The van der Waals surface area contributed by atoms with Crippen LogP contribution in [-0.4, -0.2) is 27.7 Å². The van der Waals surface area contributed by atoms with Crippen LogP contribution in [0.15, 0.2) is 0 Å². The summed E-state index contributed by atoms with van der Waals surface area (Å²) in [6, 6.07) is 0.288. The van der Waals surface area contributed by atoms with Crippen LogP contribution in [0.25, 0.3) is 0 Å². The summed E-state index contributed by atoms with van der Waals surface area (Å²) in [7, 11) is 0. The van der Waals surface area contributed by atoms with E-state index in [1.165, 1.54) is 12.8 Å². The molecular weight excluding hydrogens is 240 g/mol. The number of nitrogen functional groups attached to an aromatic ring is 1. The molecule has 0 bridgehead atoms. The Morgan fingerprint density at radius 3 is 2.74 bits per heavy atom. The summed E-state index contributed by atoms with van der Waals surface area (Å²) >= 11 is 0. The van der Waals surface area contributed by atoms with Gasteiger partial charge in [-0.15, -0.1) is 0 Å². The van der Waals surface area contributed by atoms with Crippen LogP contribution in [-0.2, 0) is 6.42 Å². The first-order chi connectivity index (χ1) is 9.15. The van der Waals surface area contributed by atoms with Crippen molar-refractivity contribution in [2.45, 2.75) is 52.0 Å². The van der Waals surface area contributed by atoms with Crippen LogP contribution in [0.2, 0.25) is 0 Å². The molecule has 1 aromatic heterocycles. The maximum absolute atomic E-state index is 9.47. The summed E-state index contributed by atoms with van der Waals surface area (Å²) in [6.07, 6.45) is 5.33. The van der Waals surface area contributed by atoms with Gasteiger partial charge in [0.15, 0.2) is 0 Å². The van der Waals surface area contributed by atoms with Crippen molar-refractivity contribution in [3.63, 3.8) is 0 Å². The van der Waals surface area contributed by atoms with Gasteiger partial charge in [0.25, 0.3) is 0 Å². The zero-order valence-electron chi connectivity index (χ0n) is 11.8. The SMILES string of the molecule is CCc1nc(N)c(C)c(NC2CCCCC2CO)n1. The van der Waals surface area contributed by atoms with E-state index in [0.29, 0.717) is 11.7 Å². The molecule has 1 aromatic rings. The molecule has 1 saturated carbocycles. The summed E-state index contributed by atoms with van der Waals surface area (Å²) in [4.78, 5) is 8.79. The van der Waals surface area contributed by atoms with E-state index in [0.717, 1.165) is 36.5 Å². The third-order valence-corrected chi connectivity index (χ3v) is 4.01. The maximum atomic E-state index is 9.47. The van der Waals surface area contributed by atoms with Crippen LogP contribution in [0.3, 0.4) is 0 Å². The Morgan fingerprint density at radius 1 is 1.32 bits per heavy atom. The summed E-state index contributed by atoms with van der Waals surface area (Å²) in [5.74, 6) is 2.46. The van der Waals surface area contributed by atoms with E-state index in [2.05, 4.69) is 15.3 Å². The maximum Gasteiger partial charge on any atom is 0.134 e. The van der Waals surface area contributed by atoms with E-state index in [-0.39, 0.29) is 12.6 Å². The zero-order valence-corrected chi connectivity index (χ0v) is 11.8. The van der Waals surface area contributed by atoms with Crippen LogP contribution in [0.1, 0.15) is 44.0 Å². The number of hydrogen-bond donors (Lipinski definition) is 3. The second-order valence-corrected chi connectivity index (χ2v) is 5.33. The number of nitrogens with one attached hydrogen (secondary N) is 1. The van der Waals surface area contributed by atoms with Gasteiger partial charge in [-0.25, -0.2) is 9.97 Å². The average molecular weight is 264 g/mol. The number of aliphatic hydroxyl groups is 1. The standard InChI is InChI=1S/C14H24N4O/c1-3-12-17-13(15)9(2)14(18-12)16-11-7-5-4-6-10(11)8-19/h10-11,19H,3-8H2,1-2H3,(H3,15,16,17,18). The molecule has 1 heterocycles. The number of rotatable bonds is 4. The number of nitrogens with two attached hydrogens (primary N) is 1. The van der Waals surface area contributed by atoms with Crippen molar-refractivity contribution < 1.29 is 5.11 Å². The Balaban J connectivity index is 2.19. The molecular formula is C14H24N4O. The molecule has 4 N–H and O–H groups in total. The molecule has 0 saturated heterocycles. The van der Waals surface area contributed by atoms with Gasteiger partial charge in [-0.1, -0.05) is 19.8 Å². The molecule has 0 amide bonds. The zero-order chi connectivity index (χ0) is 13.8. The molecule has 2 rings (SSSR count). The Labute approximate surface area is 114 Å². The van der Waals surface area contributed by atoms with Gasteiger partial charge in [0.05, 0.1) is 0 Å². The van der Waals surface area contributed by atoms with E-state index in [9.17, 15) is 5.11 Å². The van der Waals surface area contributed by atoms with Crippen molar-refractivity contribution in [3.05, 3.63) is 11.4 Å². The highest BCUT2D eigenvalue weighted by atomic mass is 16.3. The highest BCUT2D eigenvalue weighted by Crippen LogP contribution is 2.28. The van der Waals surface area contributed by atoms with Gasteiger partial charge < -0.3 is 16.2 Å². The van der Waals surface area contributed by atoms with Gasteiger partial charge in [0, 0.05) is 30.6 Å². The second kappa shape index (κ2) is 6.19. The van der Waals surface area contributed by atoms with Crippen LogP contribution < -0.4 is 11.1 Å². The number of aliphatic hydroxyl groups excluding tert-OH is 1. The Kier molecular flexibility index (Phi) is 4.58. The van der Waals surface area contributed by atoms with Gasteiger partial charge in [-0.05, 0) is 19.8 Å². The van der Waals surface area contributed by atoms with Crippen molar-refractivity contribution in [1.29, 1.82) is 0 Å². The topological polar surface area (TPSA) is 84.1 Å². The Morgan fingerprint density at radius 2 is 2.05 bits per heavy atom. The number of anilines is 2. The Hall–Kier alpha value is -1.36. The summed E-state index contributed by atoms with van der Waals surface area (Å²) in [5.41, 5.74) is 6.83. The van der Waals surface area contributed by atoms with E-state index < -0.39 is 0 Å². The first-order valence-corrected chi connectivity index (χ1v) is 7.16. The van der Waals surface area contributed by atoms with E-state index in [1.807, 2.05) is 13.8 Å². The van der Waals surface area contributed by atoms with Crippen molar-refractivity contribution in [2.75, 3.05) is 17.7 Å². The van der Waals surface area contributed by atoms with Crippen molar-refractivity contribution in [2.24, 2.45) is 5.92 Å². The molecule has 1 fully saturated rings. The molecule has 1 aliphatic rings. The monoisotopic (exact) mass is 264 g/mol. The fourth-order valence-corrected chi connectivity index (χ4v) is 2.67. The van der Waals surface area contributed by atoms with Gasteiger partial charge in [0.1, 0.15) is 17.5 Å². The van der Waals surface area contributed by atoms with Crippen LogP contribution in [0.5, 0.6) is 0 Å². The molecule has 2 unspecified atom stereocenters. The summed E-state index contributed by atoms with van der Waals surface area (Å²) in [6.45, 7) is 4.19. The molecule has 0 spiro atoms. The number of nitrogens with zero attached hydrogens (tertiary/aromatic N) is 2. The predicted octanol–water partition coefficient (Wildman–Crippen LogP) is 1.89. The fraction of sp³-hybridized carbons (Fsp3) is 0.714. The van der Waals surface area contributed by atoms with Gasteiger partial charge in [-0.2, -0.15) is 0 Å². The molecule has 2 atom stereocenters. The number of aromatic nitrogens is 2. The molecule has 106 valence electrons. The summed E-state index contributed by atoms with van der Waals surface area (Å²) < 4.78 is 0. The summed E-state index contributed by atoms with van der Waals surface area (Å²) in [5, 5.41) is 12.9. The molecule has 19 heavy (non-hydrogen) atoms. The predicted molar refractivity (Wildman–Crippen MR) is 77.0 cm³/mol. The van der Waals surface area contributed by atoms with Gasteiger partial charge in [0.2, 0.25) is 0 Å². The number of aryl methyl sites for hydroxylation is 1. The van der Waals surface area contributed by atoms with E-state index in [4.69, 9.17) is 5.73 Å². The third-order valence-electron chi connectivity index (χ3n) is 4.01. The molecule has 0 radical (unpaired) electrons. The lowest BCUT2D eigenvalue weighted by Crippen LogP contribution is -2.35. The van der Waals surface area contributed by atoms with Crippen molar-refractivity contribution in [3.8, 4) is 0 Å². The van der Waals surface area contributed by atoms with Crippen LogP contribution in [0.4, 0.5) is 11.6 Å². The lowest BCUT2D eigenvalue weighted by atomic mass is 9.85. The second-order valence-electron chi connectivity index (χ2n) is 5.33. The smallest absolute Gasteiger partial charge is 0.134 e. The minimum Gasteiger partial charge on any atom is -0.396 e. The Bertz CT molecular complexity index is 436. The minimum atomic E-state index is 0.234. The van der Waals surface area contributed by atoms with Crippen LogP contribution in [0, 0.1) is 12.8 Å². The highest BCUT2D eigenvalue weighted by Gasteiger charge is 2.25.